The van der Waals surface area contributed by atoms with Gasteiger partial charge in [-0.15, -0.1) is 0 Å². The minimum atomic E-state index is -0.834. The molecule has 0 aromatic carbocycles. The first kappa shape index (κ1) is 24.3. The second-order valence-electron chi connectivity index (χ2n) is 7.55. The minimum absolute atomic E-state index is 0.207. The van der Waals surface area contributed by atoms with E-state index in [9.17, 15) is 24.0 Å². The van der Waals surface area contributed by atoms with E-state index in [4.69, 9.17) is 5.73 Å². The summed E-state index contributed by atoms with van der Waals surface area (Å²) in [7, 11) is 0. The standard InChI is InChI=1S/C19H31N5O5/c1-11(2)16(22-14(26)8-20)18(28)21-9-15(27)23-17(12(3)4)19(29)24-7-5-6-13(24)10-25/h5-6,10-13,16-17H,7-9,20H2,1-4H3,(H,21,28)(H,22,26)(H,23,27)/t13-,16-,17-/m0/s1. The summed E-state index contributed by atoms with van der Waals surface area (Å²) in [5.74, 6) is -2.33. The Hall–Kier alpha value is -2.75. The molecule has 0 bridgehead atoms. The summed E-state index contributed by atoms with van der Waals surface area (Å²) in [5.41, 5.74) is 5.26. The van der Waals surface area contributed by atoms with Crippen molar-refractivity contribution in [1.82, 2.24) is 20.9 Å². The fourth-order valence-corrected chi connectivity index (χ4v) is 2.86. The first-order valence-electron chi connectivity index (χ1n) is 9.61. The zero-order valence-corrected chi connectivity index (χ0v) is 17.3. The summed E-state index contributed by atoms with van der Waals surface area (Å²) >= 11 is 0. The quantitative estimate of drug-likeness (QED) is 0.250. The van der Waals surface area contributed by atoms with Gasteiger partial charge in [0, 0.05) is 6.54 Å². The third kappa shape index (κ3) is 6.97. The van der Waals surface area contributed by atoms with Crippen LogP contribution in [-0.4, -0.2) is 72.6 Å². The first-order chi connectivity index (χ1) is 13.6. The molecular weight excluding hydrogens is 378 g/mol. The highest BCUT2D eigenvalue weighted by Crippen LogP contribution is 2.13. The van der Waals surface area contributed by atoms with Crippen molar-refractivity contribution in [3.8, 4) is 0 Å². The molecule has 0 aromatic heterocycles. The Kier molecular flexibility index (Phi) is 9.46. The van der Waals surface area contributed by atoms with Gasteiger partial charge in [-0.25, -0.2) is 0 Å². The van der Waals surface area contributed by atoms with E-state index >= 15 is 0 Å². The SMILES string of the molecule is CC(C)[C@H](NC(=O)CN)C(=O)NCC(=O)N[C@H](C(=O)N1CC=C[C@H]1C=O)C(C)C. The Morgan fingerprint density at radius 3 is 2.17 bits per heavy atom. The lowest BCUT2D eigenvalue weighted by Gasteiger charge is -2.29. The molecule has 29 heavy (non-hydrogen) atoms. The second-order valence-corrected chi connectivity index (χ2v) is 7.55. The van der Waals surface area contributed by atoms with Gasteiger partial charge in [-0.3, -0.25) is 19.2 Å². The summed E-state index contributed by atoms with van der Waals surface area (Å²) < 4.78 is 0. The molecule has 5 N–H and O–H groups in total. The lowest BCUT2D eigenvalue weighted by molar-refractivity contribution is -0.139. The van der Waals surface area contributed by atoms with E-state index in [1.165, 1.54) is 4.90 Å². The zero-order valence-electron chi connectivity index (χ0n) is 17.3. The van der Waals surface area contributed by atoms with Gasteiger partial charge in [0.05, 0.1) is 13.1 Å². The van der Waals surface area contributed by atoms with E-state index in [2.05, 4.69) is 16.0 Å². The molecule has 10 nitrogen and oxygen atoms in total. The Bertz CT molecular complexity index is 661. The number of aldehydes is 1. The third-order valence-electron chi connectivity index (χ3n) is 4.54. The number of hydrogen-bond acceptors (Lipinski definition) is 6. The number of amides is 4. The first-order valence-corrected chi connectivity index (χ1v) is 9.61. The van der Waals surface area contributed by atoms with Gasteiger partial charge < -0.3 is 31.4 Å². The average molecular weight is 409 g/mol. The van der Waals surface area contributed by atoms with E-state index in [1.807, 2.05) is 0 Å². The lowest BCUT2D eigenvalue weighted by Crippen LogP contribution is -2.56. The zero-order chi connectivity index (χ0) is 22.1. The molecule has 0 saturated heterocycles. The molecule has 162 valence electrons. The van der Waals surface area contributed by atoms with Crippen LogP contribution in [0.3, 0.4) is 0 Å². The summed E-state index contributed by atoms with van der Waals surface area (Å²) in [6.07, 6.45) is 4.02. The van der Waals surface area contributed by atoms with Crippen LogP contribution in [0.5, 0.6) is 0 Å². The molecule has 1 aliphatic heterocycles. The second kappa shape index (κ2) is 11.3. The summed E-state index contributed by atoms with van der Waals surface area (Å²) in [6, 6.07) is -2.30. The van der Waals surface area contributed by atoms with E-state index in [0.29, 0.717) is 12.8 Å². The van der Waals surface area contributed by atoms with Crippen molar-refractivity contribution in [3.05, 3.63) is 12.2 Å². The van der Waals surface area contributed by atoms with Crippen molar-refractivity contribution >= 4 is 29.9 Å². The van der Waals surface area contributed by atoms with Gasteiger partial charge in [0.15, 0.2) is 0 Å². The van der Waals surface area contributed by atoms with E-state index < -0.39 is 35.8 Å². The van der Waals surface area contributed by atoms with Crippen LogP contribution >= 0.6 is 0 Å². The molecule has 1 heterocycles. The van der Waals surface area contributed by atoms with Crippen molar-refractivity contribution in [2.24, 2.45) is 17.6 Å². The molecule has 10 heteroatoms. The van der Waals surface area contributed by atoms with Crippen LogP contribution in [-0.2, 0) is 24.0 Å². The van der Waals surface area contributed by atoms with E-state index in [-0.39, 0.29) is 30.8 Å². The van der Waals surface area contributed by atoms with Crippen LogP contribution in [0.1, 0.15) is 27.7 Å². The highest BCUT2D eigenvalue weighted by molar-refractivity contribution is 5.93. The molecule has 0 fully saturated rings. The smallest absolute Gasteiger partial charge is 0.246 e. The van der Waals surface area contributed by atoms with Crippen molar-refractivity contribution in [3.63, 3.8) is 0 Å². The van der Waals surface area contributed by atoms with Gasteiger partial charge in [-0.05, 0) is 11.8 Å². The summed E-state index contributed by atoms with van der Waals surface area (Å²) in [6.45, 7) is 6.75. The van der Waals surface area contributed by atoms with Crippen LogP contribution < -0.4 is 21.7 Å². The van der Waals surface area contributed by atoms with Gasteiger partial charge in [0.1, 0.15) is 24.4 Å². The molecular formula is C19H31N5O5. The van der Waals surface area contributed by atoms with Crippen molar-refractivity contribution in [2.75, 3.05) is 19.6 Å². The van der Waals surface area contributed by atoms with Crippen LogP contribution in [0.2, 0.25) is 0 Å². The molecule has 4 amide bonds. The fraction of sp³-hybridized carbons (Fsp3) is 0.632. The third-order valence-corrected chi connectivity index (χ3v) is 4.54. The number of hydrogen-bond donors (Lipinski definition) is 4. The molecule has 0 saturated carbocycles. The molecule has 0 aliphatic carbocycles. The number of carbonyl (C=O) groups is 5. The van der Waals surface area contributed by atoms with Crippen molar-refractivity contribution < 1.29 is 24.0 Å². The Morgan fingerprint density at radius 1 is 1.07 bits per heavy atom. The van der Waals surface area contributed by atoms with Crippen LogP contribution in [0, 0.1) is 11.8 Å². The molecule has 0 aromatic rings. The molecule has 1 rings (SSSR count). The number of nitrogens with two attached hydrogens (primary N) is 1. The van der Waals surface area contributed by atoms with Gasteiger partial charge in [-0.1, -0.05) is 39.8 Å². The Labute approximate surface area is 170 Å². The van der Waals surface area contributed by atoms with Gasteiger partial charge in [0.25, 0.3) is 0 Å². The van der Waals surface area contributed by atoms with Crippen molar-refractivity contribution in [1.29, 1.82) is 0 Å². The fourth-order valence-electron chi connectivity index (χ4n) is 2.86. The topological polar surface area (TPSA) is 151 Å². The molecule has 0 radical (unpaired) electrons. The Morgan fingerprint density at radius 2 is 1.66 bits per heavy atom. The molecule has 3 atom stereocenters. The normalized spacial score (nSPS) is 17.8. The molecule has 0 spiro atoms. The van der Waals surface area contributed by atoms with Crippen LogP contribution in [0.4, 0.5) is 0 Å². The van der Waals surface area contributed by atoms with Gasteiger partial charge in [0.2, 0.25) is 23.6 Å². The Balaban J connectivity index is 2.67. The lowest BCUT2D eigenvalue weighted by atomic mass is 10.0. The highest BCUT2D eigenvalue weighted by atomic mass is 16.2. The van der Waals surface area contributed by atoms with Crippen LogP contribution in [0.15, 0.2) is 12.2 Å². The maximum atomic E-state index is 12.7. The average Bonchev–Trinajstić information content (AvgIpc) is 3.15. The predicted octanol–water partition coefficient (Wildman–Crippen LogP) is -1.69. The molecule has 0 unspecified atom stereocenters. The summed E-state index contributed by atoms with van der Waals surface area (Å²) in [4.78, 5) is 61.3. The number of carbonyl (C=O) groups excluding carboxylic acids is 5. The predicted molar refractivity (Wildman–Crippen MR) is 106 cm³/mol. The van der Waals surface area contributed by atoms with Crippen LogP contribution in [0.25, 0.3) is 0 Å². The van der Waals surface area contributed by atoms with E-state index in [1.54, 1.807) is 39.8 Å². The number of rotatable bonds is 10. The summed E-state index contributed by atoms with van der Waals surface area (Å²) in [5, 5.41) is 7.59. The monoisotopic (exact) mass is 409 g/mol. The minimum Gasteiger partial charge on any atom is -0.345 e. The highest BCUT2D eigenvalue weighted by Gasteiger charge is 2.33. The maximum Gasteiger partial charge on any atom is 0.246 e. The number of nitrogens with zero attached hydrogens (tertiary/aromatic N) is 1. The number of nitrogens with one attached hydrogen (secondary N) is 3. The van der Waals surface area contributed by atoms with Gasteiger partial charge in [-0.2, -0.15) is 0 Å². The van der Waals surface area contributed by atoms with Gasteiger partial charge >= 0.3 is 0 Å². The maximum absolute atomic E-state index is 12.7. The van der Waals surface area contributed by atoms with E-state index in [0.717, 1.165) is 0 Å². The largest absolute Gasteiger partial charge is 0.345 e. The van der Waals surface area contributed by atoms with Crippen molar-refractivity contribution in [2.45, 2.75) is 45.8 Å². The molecule has 1 aliphatic rings.